The van der Waals surface area contributed by atoms with Gasteiger partial charge in [0.25, 0.3) is 5.91 Å². The number of carboxylic acid groups (broad SMARTS) is 1. The minimum absolute atomic E-state index is 0.117. The molecule has 0 bridgehead atoms. The van der Waals surface area contributed by atoms with E-state index in [4.69, 9.17) is 14.6 Å². The van der Waals surface area contributed by atoms with Gasteiger partial charge in [0.1, 0.15) is 17.5 Å². The summed E-state index contributed by atoms with van der Waals surface area (Å²) in [6, 6.07) is 10.7. The lowest BCUT2D eigenvalue weighted by Gasteiger charge is -2.12. The Balaban J connectivity index is 2.13. The molecule has 0 aliphatic carbocycles. The number of aliphatic carboxylic acids is 1. The second kappa shape index (κ2) is 9.33. The molecule has 0 fully saturated rings. The molecular formula is C19H20N2O6. The van der Waals surface area contributed by atoms with Gasteiger partial charge >= 0.3 is 5.97 Å². The molecule has 0 saturated heterocycles. The standard InChI is InChI=1S/C19H20N2O6/c1-26-14-7-9-17(27-2)15(11-14)19(24)20-13-5-3-12(4-6-13)16(21-25)8-10-18(22)23/h3-7,9,11,16H,8,10H2,1-2H3,(H,20,24)(H,22,23). The Bertz CT molecular complexity index is 819. The van der Waals surface area contributed by atoms with E-state index in [1.807, 2.05) is 0 Å². The monoisotopic (exact) mass is 372 g/mol. The first-order valence-electron chi connectivity index (χ1n) is 8.16. The van der Waals surface area contributed by atoms with E-state index >= 15 is 0 Å². The molecule has 0 radical (unpaired) electrons. The summed E-state index contributed by atoms with van der Waals surface area (Å²) in [5.74, 6) is -0.437. The summed E-state index contributed by atoms with van der Waals surface area (Å²) in [6.45, 7) is 0. The van der Waals surface area contributed by atoms with Crippen LogP contribution in [-0.4, -0.2) is 31.2 Å². The maximum absolute atomic E-state index is 12.5. The van der Waals surface area contributed by atoms with Crippen LogP contribution in [0.3, 0.4) is 0 Å². The zero-order valence-corrected chi connectivity index (χ0v) is 15.0. The number of hydrogen-bond donors (Lipinski definition) is 2. The smallest absolute Gasteiger partial charge is 0.303 e. The number of methoxy groups -OCH3 is 2. The van der Waals surface area contributed by atoms with Gasteiger partial charge in [-0.3, -0.25) is 9.59 Å². The van der Waals surface area contributed by atoms with Crippen LogP contribution in [0, 0.1) is 4.91 Å². The van der Waals surface area contributed by atoms with E-state index in [9.17, 15) is 14.5 Å². The van der Waals surface area contributed by atoms with Crippen molar-refractivity contribution in [3.63, 3.8) is 0 Å². The molecule has 0 heterocycles. The zero-order valence-electron chi connectivity index (χ0n) is 15.0. The molecule has 142 valence electrons. The fourth-order valence-corrected chi connectivity index (χ4v) is 2.52. The van der Waals surface area contributed by atoms with Crippen molar-refractivity contribution < 1.29 is 24.2 Å². The van der Waals surface area contributed by atoms with Gasteiger partial charge < -0.3 is 19.9 Å². The molecule has 2 rings (SSSR count). The number of carbonyl (C=O) groups excluding carboxylic acids is 1. The van der Waals surface area contributed by atoms with Gasteiger partial charge in [0.05, 0.1) is 19.8 Å². The predicted molar refractivity (Wildman–Crippen MR) is 99.3 cm³/mol. The quantitative estimate of drug-likeness (QED) is 0.650. The number of nitrogens with zero attached hydrogens (tertiary/aromatic N) is 1. The van der Waals surface area contributed by atoms with Crippen molar-refractivity contribution in [1.29, 1.82) is 0 Å². The maximum Gasteiger partial charge on any atom is 0.303 e. The first-order chi connectivity index (χ1) is 13.0. The fraction of sp³-hybridized carbons (Fsp3) is 0.263. The minimum atomic E-state index is -0.986. The molecule has 0 spiro atoms. The zero-order chi connectivity index (χ0) is 19.8. The summed E-state index contributed by atoms with van der Waals surface area (Å²) < 4.78 is 10.3. The van der Waals surface area contributed by atoms with Crippen molar-refractivity contribution in [3.8, 4) is 11.5 Å². The molecule has 0 saturated carbocycles. The third-order valence-electron chi connectivity index (χ3n) is 3.96. The molecule has 2 aromatic rings. The van der Waals surface area contributed by atoms with E-state index in [0.717, 1.165) is 0 Å². The highest BCUT2D eigenvalue weighted by Crippen LogP contribution is 2.26. The van der Waals surface area contributed by atoms with Crippen molar-refractivity contribution in [2.75, 3.05) is 19.5 Å². The van der Waals surface area contributed by atoms with Crippen LogP contribution in [-0.2, 0) is 4.79 Å². The lowest BCUT2D eigenvalue weighted by atomic mass is 10.0. The average molecular weight is 372 g/mol. The van der Waals surface area contributed by atoms with Crippen LogP contribution < -0.4 is 14.8 Å². The maximum atomic E-state index is 12.5. The Labute approximate surface area is 156 Å². The van der Waals surface area contributed by atoms with E-state index in [2.05, 4.69) is 10.5 Å². The van der Waals surface area contributed by atoms with Gasteiger partial charge in [-0.1, -0.05) is 17.3 Å². The molecule has 0 aliphatic rings. The summed E-state index contributed by atoms with van der Waals surface area (Å²) in [5.41, 5.74) is 1.41. The number of nitrogens with one attached hydrogen (secondary N) is 1. The highest BCUT2D eigenvalue weighted by atomic mass is 16.5. The Hall–Kier alpha value is -3.42. The van der Waals surface area contributed by atoms with E-state index in [-0.39, 0.29) is 18.7 Å². The van der Waals surface area contributed by atoms with Gasteiger partial charge in [0.2, 0.25) is 0 Å². The van der Waals surface area contributed by atoms with Crippen LogP contribution >= 0.6 is 0 Å². The third-order valence-corrected chi connectivity index (χ3v) is 3.96. The summed E-state index contributed by atoms with van der Waals surface area (Å²) in [7, 11) is 2.97. The number of ether oxygens (including phenoxy) is 2. The van der Waals surface area contributed by atoms with Crippen molar-refractivity contribution in [2.45, 2.75) is 18.9 Å². The number of carbonyl (C=O) groups is 2. The molecule has 2 aromatic carbocycles. The second-order valence-electron chi connectivity index (χ2n) is 5.70. The topological polar surface area (TPSA) is 114 Å². The van der Waals surface area contributed by atoms with E-state index in [1.54, 1.807) is 42.5 Å². The SMILES string of the molecule is COc1ccc(OC)c(C(=O)Nc2ccc(C(CCC(=O)O)N=O)cc2)c1. The molecular weight excluding hydrogens is 352 g/mol. The Morgan fingerprint density at radius 3 is 2.37 bits per heavy atom. The van der Waals surface area contributed by atoms with Crippen molar-refractivity contribution in [1.82, 2.24) is 0 Å². The number of anilines is 1. The highest BCUT2D eigenvalue weighted by Gasteiger charge is 2.16. The van der Waals surface area contributed by atoms with Gasteiger partial charge in [0, 0.05) is 12.1 Å². The number of hydrogen-bond acceptors (Lipinski definition) is 6. The number of rotatable bonds is 9. The van der Waals surface area contributed by atoms with Crippen molar-refractivity contribution in [2.24, 2.45) is 5.18 Å². The second-order valence-corrected chi connectivity index (χ2v) is 5.70. The van der Waals surface area contributed by atoms with Crippen LogP contribution in [0.25, 0.3) is 0 Å². The lowest BCUT2D eigenvalue weighted by Crippen LogP contribution is -2.13. The number of carboxylic acids is 1. The minimum Gasteiger partial charge on any atom is -0.497 e. The van der Waals surface area contributed by atoms with Gasteiger partial charge in [-0.05, 0) is 42.3 Å². The molecule has 1 atom stereocenters. The van der Waals surface area contributed by atoms with Crippen LogP contribution in [0.4, 0.5) is 5.69 Å². The van der Waals surface area contributed by atoms with Gasteiger partial charge in [-0.25, -0.2) is 0 Å². The number of amides is 1. The Morgan fingerprint density at radius 2 is 1.81 bits per heavy atom. The van der Waals surface area contributed by atoms with Gasteiger partial charge in [-0.15, -0.1) is 0 Å². The Morgan fingerprint density at radius 1 is 1.11 bits per heavy atom. The fourth-order valence-electron chi connectivity index (χ4n) is 2.52. The molecule has 8 nitrogen and oxygen atoms in total. The van der Waals surface area contributed by atoms with Crippen LogP contribution in [0.15, 0.2) is 47.6 Å². The van der Waals surface area contributed by atoms with Crippen LogP contribution in [0.2, 0.25) is 0 Å². The van der Waals surface area contributed by atoms with Crippen molar-refractivity contribution in [3.05, 3.63) is 58.5 Å². The summed E-state index contributed by atoms with van der Waals surface area (Å²) in [5, 5.41) is 14.4. The van der Waals surface area contributed by atoms with E-state index in [0.29, 0.717) is 28.3 Å². The van der Waals surface area contributed by atoms with Gasteiger partial charge in [-0.2, -0.15) is 4.91 Å². The van der Waals surface area contributed by atoms with Crippen molar-refractivity contribution >= 4 is 17.6 Å². The molecule has 2 N–H and O–H groups in total. The van der Waals surface area contributed by atoms with Crippen LogP contribution in [0.1, 0.15) is 34.8 Å². The molecule has 8 heteroatoms. The highest BCUT2D eigenvalue weighted by molar-refractivity contribution is 6.06. The molecule has 1 unspecified atom stereocenters. The molecule has 0 aromatic heterocycles. The first-order valence-corrected chi connectivity index (χ1v) is 8.16. The first kappa shape index (κ1) is 19.9. The molecule has 1 amide bonds. The average Bonchev–Trinajstić information content (AvgIpc) is 2.68. The number of benzene rings is 2. The molecule has 27 heavy (non-hydrogen) atoms. The normalized spacial score (nSPS) is 11.3. The number of nitroso groups, excluding NO2 is 1. The summed E-state index contributed by atoms with van der Waals surface area (Å²) >= 11 is 0. The summed E-state index contributed by atoms with van der Waals surface area (Å²) in [6.07, 6.45) is -0.0317. The van der Waals surface area contributed by atoms with E-state index in [1.165, 1.54) is 14.2 Å². The lowest BCUT2D eigenvalue weighted by molar-refractivity contribution is -0.137. The van der Waals surface area contributed by atoms with Gasteiger partial charge in [0.15, 0.2) is 0 Å². The van der Waals surface area contributed by atoms with Crippen LogP contribution in [0.5, 0.6) is 11.5 Å². The van der Waals surface area contributed by atoms with E-state index < -0.39 is 12.0 Å². The predicted octanol–water partition coefficient (Wildman–Crippen LogP) is 3.63. The Kier molecular flexibility index (Phi) is 6.87. The third kappa shape index (κ3) is 5.27. The largest absolute Gasteiger partial charge is 0.497 e. The summed E-state index contributed by atoms with van der Waals surface area (Å²) in [4.78, 5) is 34.1. The molecule has 0 aliphatic heterocycles.